The molecule has 3 saturated carbocycles. The molecular formula is C22H24Cl2N2O3. The van der Waals surface area contributed by atoms with Crippen molar-refractivity contribution < 1.29 is 14.4 Å². The van der Waals surface area contributed by atoms with Crippen molar-refractivity contribution in [2.45, 2.75) is 51.0 Å². The van der Waals surface area contributed by atoms with E-state index in [4.69, 9.17) is 23.2 Å². The highest BCUT2D eigenvalue weighted by atomic mass is 35.5. The smallest absolute Gasteiger partial charge is 0.233 e. The molecule has 1 N–H and O–H groups in total. The summed E-state index contributed by atoms with van der Waals surface area (Å²) in [4.78, 5) is 40.2. The van der Waals surface area contributed by atoms with Crippen LogP contribution in [0.15, 0.2) is 18.2 Å². The molecule has 3 aliphatic carbocycles. The number of imide groups is 1. The maximum atomic E-state index is 13.0. The molecule has 1 heterocycles. The lowest BCUT2D eigenvalue weighted by Gasteiger charge is -2.33. The van der Waals surface area contributed by atoms with Gasteiger partial charge in [0.25, 0.3) is 0 Å². The minimum Gasteiger partial charge on any atom is -0.326 e. The number of likely N-dealkylation sites (tertiary alicyclic amines) is 1. The molecule has 0 spiro atoms. The van der Waals surface area contributed by atoms with E-state index < -0.39 is 0 Å². The highest BCUT2D eigenvalue weighted by Crippen LogP contribution is 2.56. The average molecular weight is 435 g/mol. The molecule has 0 aromatic heterocycles. The van der Waals surface area contributed by atoms with Crippen molar-refractivity contribution in [1.29, 1.82) is 0 Å². The van der Waals surface area contributed by atoms with Gasteiger partial charge in [-0.25, -0.2) is 0 Å². The van der Waals surface area contributed by atoms with Crippen LogP contribution in [0.5, 0.6) is 0 Å². The SMILES string of the molecule is O=C(Nc1ccc(Cl)c(Cl)c1)C1CCC(N2C(=O)[C@@H]3[C@@H]4CC[C@H](C4)[C@@H]3C2=O)CC1. The number of fused-ring (bicyclic) bond motifs is 5. The van der Waals surface area contributed by atoms with Crippen molar-refractivity contribution in [2.24, 2.45) is 29.6 Å². The first-order valence-corrected chi connectivity index (χ1v) is 11.3. The van der Waals surface area contributed by atoms with Gasteiger partial charge in [0.15, 0.2) is 0 Å². The van der Waals surface area contributed by atoms with Gasteiger partial charge in [-0.2, -0.15) is 0 Å². The van der Waals surface area contributed by atoms with Crippen LogP contribution >= 0.6 is 23.2 Å². The van der Waals surface area contributed by atoms with Crippen molar-refractivity contribution >= 4 is 46.6 Å². The summed E-state index contributed by atoms with van der Waals surface area (Å²) in [5.41, 5.74) is 0.625. The third-order valence-corrected chi connectivity index (χ3v) is 8.32. The summed E-state index contributed by atoms with van der Waals surface area (Å²) in [7, 11) is 0. The molecule has 0 unspecified atom stereocenters. The van der Waals surface area contributed by atoms with Crippen LogP contribution in [0.25, 0.3) is 0 Å². The van der Waals surface area contributed by atoms with Crippen LogP contribution in [0.1, 0.15) is 44.9 Å². The van der Waals surface area contributed by atoms with E-state index in [0.29, 0.717) is 53.3 Å². The van der Waals surface area contributed by atoms with Gasteiger partial charge >= 0.3 is 0 Å². The fourth-order valence-corrected chi connectivity index (χ4v) is 6.50. The van der Waals surface area contributed by atoms with Crippen LogP contribution in [0.3, 0.4) is 0 Å². The third-order valence-electron chi connectivity index (χ3n) is 7.58. The number of carbonyl (C=O) groups excluding carboxylic acids is 3. The van der Waals surface area contributed by atoms with E-state index in [2.05, 4.69) is 5.32 Å². The van der Waals surface area contributed by atoms with E-state index in [9.17, 15) is 14.4 Å². The van der Waals surface area contributed by atoms with Crippen LogP contribution in [0.4, 0.5) is 5.69 Å². The summed E-state index contributed by atoms with van der Waals surface area (Å²) >= 11 is 11.9. The Labute approximate surface area is 180 Å². The molecule has 154 valence electrons. The summed E-state index contributed by atoms with van der Waals surface area (Å²) in [5.74, 6) is 0.681. The highest BCUT2D eigenvalue weighted by molar-refractivity contribution is 6.42. The molecule has 4 fully saturated rings. The lowest BCUT2D eigenvalue weighted by molar-refractivity contribution is -0.144. The van der Waals surface area contributed by atoms with Gasteiger partial charge in [-0.05, 0) is 75.0 Å². The molecule has 1 aliphatic heterocycles. The zero-order chi connectivity index (χ0) is 20.3. The van der Waals surface area contributed by atoms with Gasteiger partial charge in [0.2, 0.25) is 17.7 Å². The fourth-order valence-electron chi connectivity index (χ4n) is 6.21. The Morgan fingerprint density at radius 3 is 2.10 bits per heavy atom. The molecule has 1 aromatic rings. The van der Waals surface area contributed by atoms with Gasteiger partial charge in [-0.1, -0.05) is 23.2 Å². The number of rotatable bonds is 3. The minimum absolute atomic E-state index is 0.0455. The first kappa shape index (κ1) is 19.4. The largest absolute Gasteiger partial charge is 0.326 e. The Kier molecular flexibility index (Phi) is 4.86. The van der Waals surface area contributed by atoms with Gasteiger partial charge in [-0.15, -0.1) is 0 Å². The Morgan fingerprint density at radius 1 is 0.897 bits per heavy atom. The van der Waals surface area contributed by atoms with Crippen LogP contribution in [-0.2, 0) is 14.4 Å². The lowest BCUT2D eigenvalue weighted by atomic mass is 9.81. The van der Waals surface area contributed by atoms with Gasteiger partial charge in [0.05, 0.1) is 21.9 Å². The van der Waals surface area contributed by atoms with Gasteiger partial charge in [0, 0.05) is 17.6 Å². The molecule has 0 radical (unpaired) electrons. The molecular weight excluding hydrogens is 411 g/mol. The number of carbonyl (C=O) groups is 3. The normalized spacial score (nSPS) is 35.9. The topological polar surface area (TPSA) is 66.5 Å². The first-order chi connectivity index (χ1) is 13.9. The molecule has 3 amide bonds. The molecule has 4 aliphatic rings. The molecule has 5 nitrogen and oxygen atoms in total. The number of halogens is 2. The molecule has 1 saturated heterocycles. The standard InChI is InChI=1S/C22H24Cl2N2O3/c23-16-8-5-14(10-17(16)24)25-20(27)11-3-6-15(7-4-11)26-21(28)18-12-1-2-13(9-12)19(18)22(26)29/h5,8,10-13,15,18-19H,1-4,6-7,9H2,(H,25,27)/t11?,12-,13-,15?,18-,19+/m1/s1. The van der Waals surface area contributed by atoms with Gasteiger partial charge < -0.3 is 5.32 Å². The Bertz CT molecular complexity index is 853. The van der Waals surface area contributed by atoms with Crippen LogP contribution < -0.4 is 5.32 Å². The van der Waals surface area contributed by atoms with E-state index in [1.165, 1.54) is 0 Å². The summed E-state index contributed by atoms with van der Waals surface area (Å²) < 4.78 is 0. The summed E-state index contributed by atoms with van der Waals surface area (Å²) in [6.07, 6.45) is 6.01. The maximum absolute atomic E-state index is 13.0. The Morgan fingerprint density at radius 2 is 1.52 bits per heavy atom. The summed E-state index contributed by atoms with van der Waals surface area (Å²) in [5, 5.41) is 3.75. The van der Waals surface area contributed by atoms with Crippen molar-refractivity contribution in [3.05, 3.63) is 28.2 Å². The zero-order valence-electron chi connectivity index (χ0n) is 16.1. The fraction of sp³-hybridized carbons (Fsp3) is 0.591. The monoisotopic (exact) mass is 434 g/mol. The van der Waals surface area contributed by atoms with Crippen LogP contribution in [-0.4, -0.2) is 28.7 Å². The van der Waals surface area contributed by atoms with Crippen molar-refractivity contribution in [3.8, 4) is 0 Å². The number of nitrogens with zero attached hydrogens (tertiary/aromatic N) is 1. The highest BCUT2D eigenvalue weighted by Gasteiger charge is 2.61. The lowest BCUT2D eigenvalue weighted by Crippen LogP contribution is -2.44. The van der Waals surface area contributed by atoms with Gasteiger partial charge in [0.1, 0.15) is 0 Å². The predicted octanol–water partition coefficient (Wildman–Crippen LogP) is 4.52. The molecule has 2 bridgehead atoms. The van der Waals surface area contributed by atoms with E-state index in [-0.39, 0.29) is 41.5 Å². The molecule has 5 rings (SSSR count). The quantitative estimate of drug-likeness (QED) is 0.710. The van der Waals surface area contributed by atoms with Crippen molar-refractivity contribution in [1.82, 2.24) is 4.90 Å². The second-order valence-electron chi connectivity index (χ2n) is 9.05. The minimum atomic E-state index is -0.121. The first-order valence-electron chi connectivity index (χ1n) is 10.6. The van der Waals surface area contributed by atoms with Crippen LogP contribution in [0, 0.1) is 29.6 Å². The Hall–Kier alpha value is -1.59. The Balaban J connectivity index is 1.20. The number of benzene rings is 1. The van der Waals surface area contributed by atoms with Crippen molar-refractivity contribution in [3.63, 3.8) is 0 Å². The number of hydrogen-bond acceptors (Lipinski definition) is 3. The third kappa shape index (κ3) is 3.17. The van der Waals surface area contributed by atoms with E-state index in [0.717, 1.165) is 19.3 Å². The van der Waals surface area contributed by atoms with E-state index >= 15 is 0 Å². The number of hydrogen-bond donors (Lipinski definition) is 1. The average Bonchev–Trinajstić information content (AvgIpc) is 3.39. The summed E-state index contributed by atoms with van der Waals surface area (Å²) in [6.45, 7) is 0. The number of amides is 3. The maximum Gasteiger partial charge on any atom is 0.233 e. The summed E-state index contributed by atoms with van der Waals surface area (Å²) in [6, 6.07) is 4.98. The molecule has 1 aromatic carbocycles. The predicted molar refractivity (Wildman–Crippen MR) is 111 cm³/mol. The number of nitrogens with one attached hydrogen (secondary N) is 1. The zero-order valence-corrected chi connectivity index (χ0v) is 17.6. The second-order valence-corrected chi connectivity index (χ2v) is 9.87. The van der Waals surface area contributed by atoms with E-state index in [1.54, 1.807) is 23.1 Å². The van der Waals surface area contributed by atoms with Crippen LogP contribution in [0.2, 0.25) is 10.0 Å². The van der Waals surface area contributed by atoms with Gasteiger partial charge in [-0.3, -0.25) is 19.3 Å². The second kappa shape index (κ2) is 7.28. The molecule has 7 heteroatoms. The molecule has 29 heavy (non-hydrogen) atoms. The van der Waals surface area contributed by atoms with E-state index in [1.807, 2.05) is 0 Å². The van der Waals surface area contributed by atoms with Crippen molar-refractivity contribution in [2.75, 3.05) is 5.32 Å². The molecule has 4 atom stereocenters. The number of anilines is 1.